The van der Waals surface area contributed by atoms with Crippen molar-refractivity contribution < 1.29 is 4.74 Å². The van der Waals surface area contributed by atoms with Gasteiger partial charge in [-0.15, -0.1) is 0 Å². The van der Waals surface area contributed by atoms with E-state index in [9.17, 15) is 0 Å². The van der Waals surface area contributed by atoms with E-state index in [4.69, 9.17) is 4.74 Å². The first-order chi connectivity index (χ1) is 9.80. The summed E-state index contributed by atoms with van der Waals surface area (Å²) in [4.78, 5) is 6.95. The van der Waals surface area contributed by atoms with Crippen molar-refractivity contribution in [3.63, 3.8) is 0 Å². The molecule has 0 aliphatic carbocycles. The fourth-order valence-electron chi connectivity index (χ4n) is 2.29. The van der Waals surface area contributed by atoms with Gasteiger partial charge in [0.15, 0.2) is 0 Å². The quantitative estimate of drug-likeness (QED) is 0.707. The first kappa shape index (κ1) is 15.1. The molecule has 0 aliphatic heterocycles. The van der Waals surface area contributed by atoms with Gasteiger partial charge in [0.1, 0.15) is 11.6 Å². The Hall–Kier alpha value is -1.29. The van der Waals surface area contributed by atoms with Crippen LogP contribution in [0, 0.1) is 0 Å². The molecule has 0 amide bonds. The molecule has 2 aromatic rings. The van der Waals surface area contributed by atoms with E-state index < -0.39 is 0 Å². The average Bonchev–Trinajstić information content (AvgIpc) is 2.50. The minimum Gasteiger partial charge on any atom is -0.497 e. The van der Waals surface area contributed by atoms with Crippen LogP contribution in [-0.4, -0.2) is 30.5 Å². The number of methoxy groups -OCH3 is 1. The summed E-state index contributed by atoms with van der Waals surface area (Å²) in [7, 11) is 1.70. The van der Waals surface area contributed by atoms with Crippen molar-refractivity contribution in [1.82, 2.24) is 4.98 Å². The van der Waals surface area contributed by atoms with Gasteiger partial charge in [-0.1, -0.05) is 35.3 Å². The van der Waals surface area contributed by atoms with Crippen LogP contribution < -0.4 is 9.64 Å². The monoisotopic (exact) mass is 336 g/mol. The van der Waals surface area contributed by atoms with Crippen LogP contribution in [-0.2, 0) is 0 Å². The molecule has 3 nitrogen and oxygen atoms in total. The van der Waals surface area contributed by atoms with E-state index in [-0.39, 0.29) is 0 Å². The number of aromatic nitrogens is 1. The maximum atomic E-state index is 5.34. The van der Waals surface area contributed by atoms with Crippen molar-refractivity contribution >= 4 is 32.5 Å². The lowest BCUT2D eigenvalue weighted by Gasteiger charge is -2.24. The summed E-state index contributed by atoms with van der Waals surface area (Å²) in [6.45, 7) is 4.21. The minimum atomic E-state index is 0.876. The third-order valence-corrected chi connectivity index (χ3v) is 3.74. The Kier molecular flexibility index (Phi) is 5.65. The lowest BCUT2D eigenvalue weighted by atomic mass is 10.1. The summed E-state index contributed by atoms with van der Waals surface area (Å²) in [5.74, 6) is 1.93. The van der Waals surface area contributed by atoms with Crippen molar-refractivity contribution in [3.05, 3.63) is 30.5 Å². The number of nitrogens with zero attached hydrogens (tertiary/aromatic N) is 2. The van der Waals surface area contributed by atoms with Gasteiger partial charge in [-0.25, -0.2) is 4.98 Å². The third-order valence-electron chi connectivity index (χ3n) is 3.39. The Labute approximate surface area is 129 Å². The first-order valence-corrected chi connectivity index (χ1v) is 8.16. The molecule has 20 heavy (non-hydrogen) atoms. The number of alkyl halides is 1. The summed E-state index contributed by atoms with van der Waals surface area (Å²) in [5, 5.41) is 3.30. The average molecular weight is 337 g/mol. The highest BCUT2D eigenvalue weighted by atomic mass is 79.9. The topological polar surface area (TPSA) is 25.4 Å². The van der Waals surface area contributed by atoms with Crippen molar-refractivity contribution in [2.75, 3.05) is 30.4 Å². The Balaban J connectivity index is 2.43. The number of pyridine rings is 1. The van der Waals surface area contributed by atoms with Crippen LogP contribution in [0.2, 0.25) is 0 Å². The van der Waals surface area contributed by atoms with Gasteiger partial charge >= 0.3 is 0 Å². The number of anilines is 1. The molecule has 0 saturated heterocycles. The third kappa shape index (κ3) is 3.42. The van der Waals surface area contributed by atoms with Crippen LogP contribution in [0.15, 0.2) is 30.5 Å². The Morgan fingerprint density at radius 2 is 2.10 bits per heavy atom. The predicted molar refractivity (Wildman–Crippen MR) is 89.2 cm³/mol. The maximum Gasteiger partial charge on any atom is 0.136 e. The summed E-state index contributed by atoms with van der Waals surface area (Å²) < 4.78 is 5.34. The standard InChI is InChI=1S/C16H21BrN2O/c1-3-4-10-19(11-8-17)16-15-12-14(20-2)6-5-13(15)7-9-18-16/h5-7,9,12H,3-4,8,10-11H2,1-2H3. The minimum absolute atomic E-state index is 0.876. The van der Waals surface area contributed by atoms with Crippen molar-refractivity contribution in [3.8, 4) is 5.75 Å². The van der Waals surface area contributed by atoms with E-state index in [2.05, 4.69) is 44.9 Å². The van der Waals surface area contributed by atoms with E-state index in [1.807, 2.05) is 18.3 Å². The van der Waals surface area contributed by atoms with Gasteiger partial charge in [-0.3, -0.25) is 0 Å². The largest absolute Gasteiger partial charge is 0.497 e. The molecule has 0 fully saturated rings. The van der Waals surface area contributed by atoms with Crippen LogP contribution in [0.25, 0.3) is 10.8 Å². The van der Waals surface area contributed by atoms with Gasteiger partial charge in [0, 0.05) is 30.0 Å². The zero-order valence-electron chi connectivity index (χ0n) is 12.1. The molecule has 0 spiro atoms. The van der Waals surface area contributed by atoms with Crippen molar-refractivity contribution in [2.45, 2.75) is 19.8 Å². The van der Waals surface area contributed by atoms with E-state index in [1.165, 1.54) is 18.2 Å². The molecule has 2 rings (SSSR count). The lowest BCUT2D eigenvalue weighted by Crippen LogP contribution is -2.27. The number of rotatable bonds is 7. The van der Waals surface area contributed by atoms with Gasteiger partial charge in [0.2, 0.25) is 0 Å². The number of hydrogen-bond acceptors (Lipinski definition) is 3. The summed E-state index contributed by atoms with van der Waals surface area (Å²) in [6.07, 6.45) is 4.25. The molecule has 1 heterocycles. The molecular formula is C16H21BrN2O. The number of fused-ring (bicyclic) bond motifs is 1. The fraction of sp³-hybridized carbons (Fsp3) is 0.438. The number of halogens is 1. The van der Waals surface area contributed by atoms with E-state index in [1.54, 1.807) is 7.11 Å². The fourth-order valence-corrected chi connectivity index (χ4v) is 2.71. The van der Waals surface area contributed by atoms with E-state index in [0.717, 1.165) is 35.4 Å². The second kappa shape index (κ2) is 7.48. The highest BCUT2D eigenvalue weighted by molar-refractivity contribution is 9.09. The van der Waals surface area contributed by atoms with Gasteiger partial charge < -0.3 is 9.64 Å². The van der Waals surface area contributed by atoms with Gasteiger partial charge in [0.05, 0.1) is 7.11 Å². The van der Waals surface area contributed by atoms with Crippen LogP contribution in [0.1, 0.15) is 19.8 Å². The summed E-state index contributed by atoms with van der Waals surface area (Å²) in [5.41, 5.74) is 0. The zero-order valence-corrected chi connectivity index (χ0v) is 13.7. The molecule has 0 radical (unpaired) electrons. The Morgan fingerprint density at radius 1 is 1.25 bits per heavy atom. The number of benzene rings is 1. The lowest BCUT2D eigenvalue weighted by molar-refractivity contribution is 0.415. The SMILES string of the molecule is CCCCN(CCBr)c1nccc2ccc(OC)cc12. The number of hydrogen-bond donors (Lipinski definition) is 0. The molecule has 1 aromatic heterocycles. The second-order valence-corrected chi connectivity index (χ2v) is 5.54. The molecule has 0 unspecified atom stereocenters. The van der Waals surface area contributed by atoms with Crippen LogP contribution in [0.3, 0.4) is 0 Å². The van der Waals surface area contributed by atoms with Crippen molar-refractivity contribution in [2.24, 2.45) is 0 Å². The van der Waals surface area contributed by atoms with E-state index in [0.29, 0.717) is 0 Å². The Bertz CT molecular complexity index is 559. The second-order valence-electron chi connectivity index (χ2n) is 4.75. The molecule has 4 heteroatoms. The highest BCUT2D eigenvalue weighted by Gasteiger charge is 2.11. The zero-order chi connectivity index (χ0) is 14.4. The smallest absolute Gasteiger partial charge is 0.136 e. The predicted octanol–water partition coefficient (Wildman–Crippen LogP) is 4.24. The highest BCUT2D eigenvalue weighted by Crippen LogP contribution is 2.28. The van der Waals surface area contributed by atoms with Crippen LogP contribution in [0.5, 0.6) is 5.75 Å². The maximum absolute atomic E-state index is 5.34. The molecule has 0 aliphatic rings. The van der Waals surface area contributed by atoms with Gasteiger partial charge in [-0.05, 0) is 30.0 Å². The van der Waals surface area contributed by atoms with Crippen LogP contribution >= 0.6 is 15.9 Å². The van der Waals surface area contributed by atoms with Crippen molar-refractivity contribution in [1.29, 1.82) is 0 Å². The van der Waals surface area contributed by atoms with Gasteiger partial charge in [0.25, 0.3) is 0 Å². The van der Waals surface area contributed by atoms with Crippen LogP contribution in [0.4, 0.5) is 5.82 Å². The summed E-state index contributed by atoms with van der Waals surface area (Å²) >= 11 is 3.54. The molecule has 0 N–H and O–H groups in total. The molecule has 0 atom stereocenters. The molecule has 108 valence electrons. The molecule has 1 aromatic carbocycles. The van der Waals surface area contributed by atoms with Gasteiger partial charge in [-0.2, -0.15) is 0 Å². The number of ether oxygens (including phenoxy) is 1. The molecular weight excluding hydrogens is 316 g/mol. The Morgan fingerprint density at radius 3 is 2.80 bits per heavy atom. The summed E-state index contributed by atoms with van der Waals surface area (Å²) in [6, 6.07) is 8.20. The van der Waals surface area contributed by atoms with E-state index >= 15 is 0 Å². The normalized spacial score (nSPS) is 10.8. The number of unbranched alkanes of at least 4 members (excludes halogenated alkanes) is 1. The molecule has 0 bridgehead atoms. The molecule has 0 saturated carbocycles. The first-order valence-electron chi connectivity index (χ1n) is 7.03.